The first-order chi connectivity index (χ1) is 8.17. The lowest BCUT2D eigenvalue weighted by atomic mass is 10.2. The van der Waals surface area contributed by atoms with E-state index in [9.17, 15) is 0 Å². The molecular formula is C13H19N3O. The zero-order valence-corrected chi connectivity index (χ0v) is 10.2. The summed E-state index contributed by atoms with van der Waals surface area (Å²) in [7, 11) is 0. The molecule has 0 amide bonds. The number of pyridine rings is 1. The van der Waals surface area contributed by atoms with Crippen LogP contribution in [0.4, 0.5) is 5.69 Å². The highest BCUT2D eigenvalue weighted by molar-refractivity contribution is 5.51. The molecule has 0 radical (unpaired) electrons. The Morgan fingerprint density at radius 3 is 3.18 bits per heavy atom. The summed E-state index contributed by atoms with van der Waals surface area (Å²) in [6.07, 6.45) is 2.02. The first-order valence-electron chi connectivity index (χ1n) is 5.90. The van der Waals surface area contributed by atoms with Crippen LogP contribution in [0.3, 0.4) is 0 Å². The van der Waals surface area contributed by atoms with Gasteiger partial charge in [-0.1, -0.05) is 6.58 Å². The molecule has 17 heavy (non-hydrogen) atoms. The van der Waals surface area contributed by atoms with Gasteiger partial charge >= 0.3 is 0 Å². The fourth-order valence-corrected chi connectivity index (χ4v) is 2.08. The van der Waals surface area contributed by atoms with Gasteiger partial charge in [0, 0.05) is 25.3 Å². The molecule has 1 unspecified atom stereocenters. The molecule has 1 aliphatic rings. The summed E-state index contributed by atoms with van der Waals surface area (Å²) in [4.78, 5) is 6.83. The second-order valence-corrected chi connectivity index (χ2v) is 4.44. The minimum absolute atomic E-state index is 0.295. The molecule has 1 aromatic rings. The van der Waals surface area contributed by atoms with Crippen molar-refractivity contribution in [2.24, 2.45) is 0 Å². The second-order valence-electron chi connectivity index (χ2n) is 4.44. The molecule has 0 saturated carbocycles. The minimum Gasteiger partial charge on any atom is -0.399 e. The first kappa shape index (κ1) is 12.1. The van der Waals surface area contributed by atoms with Crippen LogP contribution in [0.15, 0.2) is 18.7 Å². The van der Waals surface area contributed by atoms with Gasteiger partial charge < -0.3 is 10.5 Å². The fraction of sp³-hybridized carbons (Fsp3) is 0.462. The Hall–Kier alpha value is -1.39. The maximum Gasteiger partial charge on any atom is 0.0674 e. The van der Waals surface area contributed by atoms with Crippen LogP contribution in [0, 0.1) is 0 Å². The highest BCUT2D eigenvalue weighted by Gasteiger charge is 2.17. The number of morpholine rings is 1. The third kappa shape index (κ3) is 3.28. The van der Waals surface area contributed by atoms with Gasteiger partial charge in [-0.2, -0.15) is 0 Å². The second kappa shape index (κ2) is 5.29. The maximum atomic E-state index is 5.84. The summed E-state index contributed by atoms with van der Waals surface area (Å²) in [5.74, 6) is 0. The van der Waals surface area contributed by atoms with Crippen LogP contribution in [-0.4, -0.2) is 35.7 Å². The smallest absolute Gasteiger partial charge is 0.0674 e. The monoisotopic (exact) mass is 233 g/mol. The van der Waals surface area contributed by atoms with Crippen molar-refractivity contribution in [1.29, 1.82) is 0 Å². The summed E-state index contributed by atoms with van der Waals surface area (Å²) in [5.41, 5.74) is 8.41. The molecule has 1 aromatic heterocycles. The van der Waals surface area contributed by atoms with Crippen LogP contribution in [0.5, 0.6) is 0 Å². The molecule has 1 atom stereocenters. The molecule has 92 valence electrons. The number of ether oxygens (including phenoxy) is 1. The molecule has 1 saturated heterocycles. The van der Waals surface area contributed by atoms with E-state index in [1.54, 1.807) is 6.08 Å². The number of aromatic nitrogens is 1. The molecule has 0 aliphatic carbocycles. The van der Waals surface area contributed by atoms with E-state index in [1.807, 2.05) is 12.1 Å². The first-order valence-corrected chi connectivity index (χ1v) is 5.90. The predicted molar refractivity (Wildman–Crippen MR) is 69.4 cm³/mol. The van der Waals surface area contributed by atoms with Crippen molar-refractivity contribution < 1.29 is 4.74 Å². The van der Waals surface area contributed by atoms with E-state index in [4.69, 9.17) is 10.5 Å². The Bertz CT molecular complexity index is 406. The van der Waals surface area contributed by atoms with Gasteiger partial charge in [0.1, 0.15) is 0 Å². The average Bonchev–Trinajstić information content (AvgIpc) is 2.28. The normalized spacial score (nSPS) is 21.4. The predicted octanol–water partition coefficient (Wildman–Crippen LogP) is 1.53. The fourth-order valence-electron chi connectivity index (χ4n) is 2.08. The molecule has 4 heteroatoms. The summed E-state index contributed by atoms with van der Waals surface area (Å²) >= 11 is 0. The summed E-state index contributed by atoms with van der Waals surface area (Å²) in [5, 5.41) is 0. The summed E-state index contributed by atoms with van der Waals surface area (Å²) < 4.78 is 5.51. The van der Waals surface area contributed by atoms with Crippen LogP contribution in [0.2, 0.25) is 0 Å². The Morgan fingerprint density at radius 1 is 1.65 bits per heavy atom. The van der Waals surface area contributed by atoms with Crippen LogP contribution in [0.1, 0.15) is 18.3 Å². The number of rotatable bonds is 3. The molecule has 2 N–H and O–H groups in total. The van der Waals surface area contributed by atoms with Gasteiger partial charge in [-0.05, 0) is 25.1 Å². The number of nitrogens with zero attached hydrogens (tertiary/aromatic N) is 2. The molecule has 1 aliphatic heterocycles. The standard InChI is InChI=1S/C13H19N3O/c1-3-12-6-11(14)7-13(15-12)9-16-4-5-17-10(2)8-16/h3,6-7,10H,1,4-5,8-9H2,2H3,(H2,14,15). The zero-order chi connectivity index (χ0) is 12.3. The maximum absolute atomic E-state index is 5.84. The highest BCUT2D eigenvalue weighted by Crippen LogP contribution is 2.13. The van der Waals surface area contributed by atoms with Gasteiger partial charge in [-0.15, -0.1) is 0 Å². The molecular weight excluding hydrogens is 214 g/mol. The molecule has 0 bridgehead atoms. The van der Waals surface area contributed by atoms with E-state index in [0.717, 1.165) is 43.3 Å². The Labute approximate surface area is 102 Å². The number of nitrogens with two attached hydrogens (primary N) is 1. The van der Waals surface area contributed by atoms with Crippen LogP contribution in [-0.2, 0) is 11.3 Å². The molecule has 2 rings (SSSR count). The number of hydrogen-bond donors (Lipinski definition) is 1. The summed E-state index contributed by atoms with van der Waals surface area (Å²) in [6.45, 7) is 9.31. The largest absolute Gasteiger partial charge is 0.399 e. The van der Waals surface area contributed by atoms with E-state index < -0.39 is 0 Å². The van der Waals surface area contributed by atoms with Crippen molar-refractivity contribution in [2.45, 2.75) is 19.6 Å². The van der Waals surface area contributed by atoms with Crippen molar-refractivity contribution in [3.05, 3.63) is 30.1 Å². The Balaban J connectivity index is 2.07. The van der Waals surface area contributed by atoms with E-state index in [1.165, 1.54) is 0 Å². The third-order valence-corrected chi connectivity index (χ3v) is 2.84. The number of anilines is 1. The van der Waals surface area contributed by atoms with Crippen LogP contribution >= 0.6 is 0 Å². The van der Waals surface area contributed by atoms with Crippen molar-refractivity contribution in [2.75, 3.05) is 25.4 Å². The van der Waals surface area contributed by atoms with Gasteiger partial charge in [0.25, 0.3) is 0 Å². The quantitative estimate of drug-likeness (QED) is 0.860. The Morgan fingerprint density at radius 2 is 2.47 bits per heavy atom. The molecule has 4 nitrogen and oxygen atoms in total. The highest BCUT2D eigenvalue weighted by atomic mass is 16.5. The van der Waals surface area contributed by atoms with E-state index >= 15 is 0 Å². The lowest BCUT2D eigenvalue weighted by Crippen LogP contribution is -2.40. The molecule has 0 spiro atoms. The average molecular weight is 233 g/mol. The van der Waals surface area contributed by atoms with E-state index in [-0.39, 0.29) is 0 Å². The van der Waals surface area contributed by atoms with Gasteiger partial charge in [0.15, 0.2) is 0 Å². The van der Waals surface area contributed by atoms with Crippen LogP contribution in [0.25, 0.3) is 6.08 Å². The molecule has 0 aromatic carbocycles. The van der Waals surface area contributed by atoms with Crippen molar-refractivity contribution in [3.8, 4) is 0 Å². The summed E-state index contributed by atoms with van der Waals surface area (Å²) in [6, 6.07) is 3.76. The topological polar surface area (TPSA) is 51.4 Å². The van der Waals surface area contributed by atoms with Gasteiger partial charge in [0.2, 0.25) is 0 Å². The molecule has 2 heterocycles. The Kier molecular flexibility index (Phi) is 3.76. The van der Waals surface area contributed by atoms with Crippen molar-refractivity contribution in [1.82, 2.24) is 9.88 Å². The number of hydrogen-bond acceptors (Lipinski definition) is 4. The van der Waals surface area contributed by atoms with Crippen molar-refractivity contribution >= 4 is 11.8 Å². The van der Waals surface area contributed by atoms with Crippen molar-refractivity contribution in [3.63, 3.8) is 0 Å². The molecule has 1 fully saturated rings. The zero-order valence-electron chi connectivity index (χ0n) is 10.2. The lowest BCUT2D eigenvalue weighted by molar-refractivity contribution is -0.0215. The SMILES string of the molecule is C=Cc1cc(N)cc(CN2CCOC(C)C2)n1. The lowest BCUT2D eigenvalue weighted by Gasteiger charge is -2.30. The van der Waals surface area contributed by atoms with Crippen LogP contribution < -0.4 is 5.73 Å². The van der Waals surface area contributed by atoms with Gasteiger partial charge in [-0.25, -0.2) is 0 Å². The van der Waals surface area contributed by atoms with E-state index in [0.29, 0.717) is 6.10 Å². The van der Waals surface area contributed by atoms with Gasteiger partial charge in [0.05, 0.1) is 24.1 Å². The van der Waals surface area contributed by atoms with E-state index in [2.05, 4.69) is 23.4 Å². The minimum atomic E-state index is 0.295. The van der Waals surface area contributed by atoms with Gasteiger partial charge in [-0.3, -0.25) is 9.88 Å². The number of nitrogen functional groups attached to an aromatic ring is 1. The third-order valence-electron chi connectivity index (χ3n) is 2.84.